The van der Waals surface area contributed by atoms with Gasteiger partial charge in [0.2, 0.25) is 0 Å². The van der Waals surface area contributed by atoms with Crippen molar-refractivity contribution in [1.29, 1.82) is 0 Å². The van der Waals surface area contributed by atoms with Crippen LogP contribution in [0.4, 0.5) is 13.2 Å². The first kappa shape index (κ1) is 16.0. The molecule has 0 amide bonds. The third kappa shape index (κ3) is 4.60. The van der Waals surface area contributed by atoms with Gasteiger partial charge in [0.05, 0.1) is 11.3 Å². The van der Waals surface area contributed by atoms with Gasteiger partial charge in [-0.05, 0) is 30.2 Å². The van der Waals surface area contributed by atoms with Crippen molar-refractivity contribution < 1.29 is 18.0 Å². The molecular weight excluding hydrogens is 293 g/mol. The summed E-state index contributed by atoms with van der Waals surface area (Å²) in [5.41, 5.74) is 3.44. The van der Waals surface area contributed by atoms with E-state index in [1.807, 2.05) is 30.3 Å². The standard InChI is InChI=1S/C16H15F3N2O/c1-12(14-8-5-9-15(10-14)16(17,18)19)20-21-22-11-13-6-3-2-4-7-13/h2-10,21H,11H2,1H3/b20-12+. The van der Waals surface area contributed by atoms with Gasteiger partial charge in [-0.1, -0.05) is 42.5 Å². The Morgan fingerprint density at radius 3 is 2.50 bits per heavy atom. The number of alkyl halides is 3. The predicted octanol–water partition coefficient (Wildman–Crippen LogP) is 4.15. The van der Waals surface area contributed by atoms with E-state index >= 15 is 0 Å². The Kier molecular flexibility index (Phi) is 5.16. The highest BCUT2D eigenvalue weighted by Gasteiger charge is 2.30. The monoisotopic (exact) mass is 308 g/mol. The number of halogens is 3. The van der Waals surface area contributed by atoms with Crippen molar-refractivity contribution in [2.45, 2.75) is 19.7 Å². The van der Waals surface area contributed by atoms with E-state index in [-0.39, 0.29) is 0 Å². The highest BCUT2D eigenvalue weighted by molar-refractivity contribution is 5.98. The minimum absolute atomic E-state index is 0.306. The molecule has 0 spiro atoms. The fourth-order valence-electron chi connectivity index (χ4n) is 1.78. The molecule has 0 unspecified atom stereocenters. The zero-order valence-electron chi connectivity index (χ0n) is 11.9. The quantitative estimate of drug-likeness (QED) is 0.511. The highest BCUT2D eigenvalue weighted by Crippen LogP contribution is 2.29. The van der Waals surface area contributed by atoms with Crippen LogP contribution < -0.4 is 5.59 Å². The molecule has 22 heavy (non-hydrogen) atoms. The predicted molar refractivity (Wildman–Crippen MR) is 78.0 cm³/mol. The molecule has 0 radical (unpaired) electrons. The van der Waals surface area contributed by atoms with Crippen LogP contribution in [0.1, 0.15) is 23.6 Å². The van der Waals surface area contributed by atoms with Crippen LogP contribution in [0, 0.1) is 0 Å². The lowest BCUT2D eigenvalue weighted by Gasteiger charge is -2.09. The second-order valence-corrected chi connectivity index (χ2v) is 4.64. The topological polar surface area (TPSA) is 33.6 Å². The van der Waals surface area contributed by atoms with Crippen molar-refractivity contribution in [1.82, 2.24) is 5.59 Å². The Hall–Kier alpha value is -2.34. The number of hydrogen-bond donors (Lipinski definition) is 1. The van der Waals surface area contributed by atoms with E-state index in [1.165, 1.54) is 6.07 Å². The zero-order valence-corrected chi connectivity index (χ0v) is 11.9. The Bertz CT molecular complexity index is 639. The first-order chi connectivity index (χ1) is 10.5. The zero-order chi connectivity index (χ0) is 16.0. The summed E-state index contributed by atoms with van der Waals surface area (Å²) in [4.78, 5) is 5.15. The van der Waals surface area contributed by atoms with E-state index < -0.39 is 11.7 Å². The first-order valence-corrected chi connectivity index (χ1v) is 6.59. The van der Waals surface area contributed by atoms with Gasteiger partial charge in [-0.25, -0.2) is 0 Å². The molecule has 0 aromatic heterocycles. The van der Waals surface area contributed by atoms with Gasteiger partial charge in [-0.2, -0.15) is 23.9 Å². The van der Waals surface area contributed by atoms with E-state index in [9.17, 15) is 13.2 Å². The minimum Gasteiger partial charge on any atom is -0.254 e. The van der Waals surface area contributed by atoms with E-state index in [4.69, 9.17) is 4.84 Å². The van der Waals surface area contributed by atoms with Gasteiger partial charge in [0.1, 0.15) is 6.61 Å². The molecule has 0 aliphatic heterocycles. The fraction of sp³-hybridized carbons (Fsp3) is 0.188. The number of hydrogen-bond acceptors (Lipinski definition) is 3. The van der Waals surface area contributed by atoms with Crippen molar-refractivity contribution >= 4 is 5.71 Å². The molecule has 0 aliphatic rings. The molecule has 3 nitrogen and oxygen atoms in total. The van der Waals surface area contributed by atoms with Crippen molar-refractivity contribution in [3.05, 3.63) is 71.3 Å². The molecule has 116 valence electrons. The third-order valence-electron chi connectivity index (χ3n) is 2.97. The number of rotatable bonds is 5. The van der Waals surface area contributed by atoms with E-state index in [0.717, 1.165) is 17.7 Å². The normalized spacial score (nSPS) is 12.3. The lowest BCUT2D eigenvalue weighted by molar-refractivity contribution is -0.137. The summed E-state index contributed by atoms with van der Waals surface area (Å²) in [7, 11) is 0. The second kappa shape index (κ2) is 7.09. The van der Waals surface area contributed by atoms with Crippen LogP contribution in [-0.4, -0.2) is 5.71 Å². The molecule has 0 aliphatic carbocycles. The summed E-state index contributed by atoms with van der Waals surface area (Å²) < 4.78 is 37.9. The summed E-state index contributed by atoms with van der Waals surface area (Å²) in [6.07, 6.45) is -4.37. The van der Waals surface area contributed by atoms with Gasteiger partial charge >= 0.3 is 6.18 Å². The van der Waals surface area contributed by atoms with Crippen molar-refractivity contribution in [2.75, 3.05) is 0 Å². The van der Waals surface area contributed by atoms with E-state index in [0.29, 0.717) is 17.9 Å². The molecule has 2 rings (SSSR count). The van der Waals surface area contributed by atoms with Crippen LogP contribution in [0.2, 0.25) is 0 Å². The molecule has 1 N–H and O–H groups in total. The third-order valence-corrected chi connectivity index (χ3v) is 2.97. The SMILES string of the molecule is C/C(=N\NOCc1ccccc1)c1cccc(C(F)(F)F)c1. The molecule has 6 heteroatoms. The Morgan fingerprint density at radius 1 is 1.09 bits per heavy atom. The maximum Gasteiger partial charge on any atom is 0.416 e. The molecular formula is C16H15F3N2O. The van der Waals surface area contributed by atoms with Crippen LogP contribution in [0.15, 0.2) is 59.7 Å². The Balaban J connectivity index is 1.95. The van der Waals surface area contributed by atoms with E-state index in [1.54, 1.807) is 13.0 Å². The van der Waals surface area contributed by atoms with Crippen LogP contribution in [0.25, 0.3) is 0 Å². The molecule has 0 heterocycles. The summed E-state index contributed by atoms with van der Waals surface area (Å²) >= 11 is 0. The maximum atomic E-state index is 12.6. The molecule has 0 saturated heterocycles. The second-order valence-electron chi connectivity index (χ2n) is 4.64. The smallest absolute Gasteiger partial charge is 0.254 e. The molecule has 0 saturated carbocycles. The van der Waals surface area contributed by atoms with Gasteiger partial charge in [-0.15, -0.1) is 0 Å². The fourth-order valence-corrected chi connectivity index (χ4v) is 1.78. The highest BCUT2D eigenvalue weighted by atomic mass is 19.4. The Labute approximate surface area is 126 Å². The average Bonchev–Trinajstić information content (AvgIpc) is 2.52. The summed E-state index contributed by atoms with van der Waals surface area (Å²) in [6, 6.07) is 14.4. The van der Waals surface area contributed by atoms with Gasteiger partial charge < -0.3 is 0 Å². The number of benzene rings is 2. The van der Waals surface area contributed by atoms with Gasteiger partial charge in [0.15, 0.2) is 0 Å². The van der Waals surface area contributed by atoms with Crippen molar-refractivity contribution in [3.8, 4) is 0 Å². The number of hydrazone groups is 1. The Morgan fingerprint density at radius 2 is 1.82 bits per heavy atom. The summed E-state index contributed by atoms with van der Waals surface area (Å²) in [5, 5.41) is 3.91. The average molecular weight is 308 g/mol. The molecule has 2 aromatic rings. The number of nitrogens with one attached hydrogen (secondary N) is 1. The van der Waals surface area contributed by atoms with Gasteiger partial charge in [-0.3, -0.25) is 4.84 Å². The lowest BCUT2D eigenvalue weighted by atomic mass is 10.1. The molecule has 0 fully saturated rings. The number of nitrogens with zero attached hydrogens (tertiary/aromatic N) is 1. The van der Waals surface area contributed by atoms with Crippen LogP contribution >= 0.6 is 0 Å². The van der Waals surface area contributed by atoms with Crippen molar-refractivity contribution in [2.24, 2.45) is 5.10 Å². The lowest BCUT2D eigenvalue weighted by Crippen LogP contribution is -2.11. The van der Waals surface area contributed by atoms with Crippen LogP contribution in [-0.2, 0) is 17.6 Å². The van der Waals surface area contributed by atoms with Crippen LogP contribution in [0.5, 0.6) is 0 Å². The summed E-state index contributed by atoms with van der Waals surface area (Å²) in [5.74, 6) is 0. The van der Waals surface area contributed by atoms with Crippen LogP contribution in [0.3, 0.4) is 0 Å². The van der Waals surface area contributed by atoms with Gasteiger partial charge in [0.25, 0.3) is 0 Å². The minimum atomic E-state index is -4.37. The summed E-state index contributed by atoms with van der Waals surface area (Å²) in [6.45, 7) is 1.91. The molecule has 2 aromatic carbocycles. The van der Waals surface area contributed by atoms with Crippen molar-refractivity contribution in [3.63, 3.8) is 0 Å². The first-order valence-electron chi connectivity index (χ1n) is 6.59. The van der Waals surface area contributed by atoms with Gasteiger partial charge in [0, 0.05) is 0 Å². The maximum absolute atomic E-state index is 12.6. The van der Waals surface area contributed by atoms with E-state index in [2.05, 4.69) is 10.7 Å². The molecule has 0 bridgehead atoms. The molecule has 0 atom stereocenters. The largest absolute Gasteiger partial charge is 0.416 e.